The molecule has 0 N–H and O–H groups in total. The Bertz CT molecular complexity index is 985. The van der Waals surface area contributed by atoms with E-state index in [2.05, 4.69) is 4.90 Å². The Morgan fingerprint density at radius 2 is 1.72 bits per heavy atom. The van der Waals surface area contributed by atoms with Gasteiger partial charge in [-0.2, -0.15) is 5.10 Å². The van der Waals surface area contributed by atoms with E-state index in [4.69, 9.17) is 19.3 Å². The molecule has 1 fully saturated rings. The Kier molecular flexibility index (Phi) is 6.95. The summed E-state index contributed by atoms with van der Waals surface area (Å²) in [6.07, 6.45) is 4.09. The van der Waals surface area contributed by atoms with E-state index in [1.807, 2.05) is 42.5 Å². The highest BCUT2D eigenvalue weighted by Gasteiger charge is 2.36. The molecule has 2 aliphatic rings. The maximum Gasteiger partial charge on any atom is 0.257 e. The molecule has 0 bridgehead atoms. The van der Waals surface area contributed by atoms with Crippen LogP contribution in [-0.2, 0) is 4.79 Å². The van der Waals surface area contributed by atoms with Crippen molar-refractivity contribution in [3.63, 3.8) is 0 Å². The summed E-state index contributed by atoms with van der Waals surface area (Å²) < 4.78 is 16.6. The second kappa shape index (κ2) is 10.0. The van der Waals surface area contributed by atoms with Crippen LogP contribution in [0.1, 0.15) is 42.9 Å². The lowest BCUT2D eigenvalue weighted by Gasteiger charge is -2.29. The fourth-order valence-corrected chi connectivity index (χ4v) is 4.50. The van der Waals surface area contributed by atoms with Crippen LogP contribution in [0, 0.1) is 0 Å². The molecule has 0 aliphatic carbocycles. The summed E-state index contributed by atoms with van der Waals surface area (Å²) >= 11 is 0. The van der Waals surface area contributed by atoms with E-state index in [9.17, 15) is 4.79 Å². The SMILES string of the molecule is COc1ccc([C@H]2CC(c3ccccc3OC)=NN2C(=O)CN2CCCCC2)c(OC)c1. The van der Waals surface area contributed by atoms with E-state index in [0.29, 0.717) is 24.5 Å². The van der Waals surface area contributed by atoms with Gasteiger partial charge in [-0.15, -0.1) is 0 Å². The average molecular weight is 438 g/mol. The summed E-state index contributed by atoms with van der Waals surface area (Å²) in [6.45, 7) is 2.29. The summed E-state index contributed by atoms with van der Waals surface area (Å²) in [7, 11) is 4.91. The molecule has 0 saturated carbocycles. The molecule has 170 valence electrons. The number of hydrogen-bond donors (Lipinski definition) is 0. The van der Waals surface area contributed by atoms with Crippen molar-refractivity contribution in [2.45, 2.75) is 31.7 Å². The van der Waals surface area contributed by atoms with Gasteiger partial charge in [-0.05, 0) is 50.2 Å². The van der Waals surface area contributed by atoms with Crippen LogP contribution in [0.3, 0.4) is 0 Å². The Balaban J connectivity index is 1.68. The highest BCUT2D eigenvalue weighted by Crippen LogP contribution is 2.40. The number of para-hydroxylation sites is 1. The van der Waals surface area contributed by atoms with Gasteiger partial charge in [0.1, 0.15) is 17.2 Å². The van der Waals surface area contributed by atoms with E-state index < -0.39 is 0 Å². The Hall–Kier alpha value is -3.06. The van der Waals surface area contributed by atoms with Crippen LogP contribution in [0.5, 0.6) is 17.2 Å². The molecule has 0 aromatic heterocycles. The van der Waals surface area contributed by atoms with Crippen molar-refractivity contribution < 1.29 is 19.0 Å². The Morgan fingerprint density at radius 3 is 2.44 bits per heavy atom. The van der Waals surface area contributed by atoms with Crippen LogP contribution in [-0.4, -0.2) is 62.5 Å². The van der Waals surface area contributed by atoms with E-state index in [1.54, 1.807) is 26.3 Å². The fraction of sp³-hybridized carbons (Fsp3) is 0.440. The summed E-state index contributed by atoms with van der Waals surface area (Å²) in [6, 6.07) is 13.2. The van der Waals surface area contributed by atoms with Crippen molar-refractivity contribution in [3.8, 4) is 17.2 Å². The lowest BCUT2D eigenvalue weighted by atomic mass is 9.97. The van der Waals surface area contributed by atoms with Crippen LogP contribution in [0.4, 0.5) is 0 Å². The van der Waals surface area contributed by atoms with Gasteiger partial charge in [-0.3, -0.25) is 9.69 Å². The molecule has 2 aromatic carbocycles. The van der Waals surface area contributed by atoms with E-state index in [0.717, 1.165) is 48.5 Å². The molecule has 4 rings (SSSR count). The number of rotatable bonds is 7. The number of carbonyl (C=O) groups excluding carboxylic acids is 1. The zero-order valence-corrected chi connectivity index (χ0v) is 19.0. The molecule has 0 unspecified atom stereocenters. The first kappa shape index (κ1) is 22.1. The second-order valence-corrected chi connectivity index (χ2v) is 8.15. The van der Waals surface area contributed by atoms with Gasteiger partial charge < -0.3 is 14.2 Å². The van der Waals surface area contributed by atoms with Gasteiger partial charge in [0.25, 0.3) is 5.91 Å². The van der Waals surface area contributed by atoms with Crippen LogP contribution in [0.25, 0.3) is 0 Å². The third-order valence-electron chi connectivity index (χ3n) is 6.19. The zero-order chi connectivity index (χ0) is 22.5. The molecule has 2 heterocycles. The van der Waals surface area contributed by atoms with E-state index in [1.165, 1.54) is 6.42 Å². The second-order valence-electron chi connectivity index (χ2n) is 8.15. The molecule has 0 spiro atoms. The van der Waals surface area contributed by atoms with E-state index in [-0.39, 0.29) is 11.9 Å². The lowest BCUT2D eigenvalue weighted by molar-refractivity contribution is -0.134. The molecule has 1 saturated heterocycles. The molecular formula is C25H31N3O4. The topological polar surface area (TPSA) is 63.6 Å². The number of ether oxygens (including phenoxy) is 3. The summed E-state index contributed by atoms with van der Waals surface area (Å²) in [5.74, 6) is 2.14. The molecule has 7 heteroatoms. The Morgan fingerprint density at radius 1 is 0.969 bits per heavy atom. The summed E-state index contributed by atoms with van der Waals surface area (Å²) in [4.78, 5) is 15.7. The first-order valence-electron chi connectivity index (χ1n) is 11.1. The number of benzene rings is 2. The van der Waals surface area contributed by atoms with Crippen molar-refractivity contribution in [1.82, 2.24) is 9.91 Å². The van der Waals surface area contributed by atoms with Crippen molar-refractivity contribution in [1.29, 1.82) is 0 Å². The fourth-order valence-electron chi connectivity index (χ4n) is 4.50. The van der Waals surface area contributed by atoms with Crippen LogP contribution >= 0.6 is 0 Å². The summed E-state index contributed by atoms with van der Waals surface area (Å²) in [5, 5.41) is 6.45. The Labute approximate surface area is 189 Å². The molecule has 1 amide bonds. The number of nitrogens with zero attached hydrogens (tertiary/aromatic N) is 3. The first-order chi connectivity index (χ1) is 15.6. The number of hydrogen-bond acceptors (Lipinski definition) is 6. The smallest absolute Gasteiger partial charge is 0.257 e. The predicted molar refractivity (Wildman–Crippen MR) is 124 cm³/mol. The molecule has 32 heavy (non-hydrogen) atoms. The number of likely N-dealkylation sites (tertiary alicyclic amines) is 1. The molecular weight excluding hydrogens is 406 g/mol. The quantitative estimate of drug-likeness (QED) is 0.658. The lowest BCUT2D eigenvalue weighted by Crippen LogP contribution is -2.40. The number of amides is 1. The largest absolute Gasteiger partial charge is 0.497 e. The van der Waals surface area contributed by atoms with E-state index >= 15 is 0 Å². The average Bonchev–Trinajstić information content (AvgIpc) is 3.29. The van der Waals surface area contributed by atoms with Gasteiger partial charge in [-0.1, -0.05) is 18.6 Å². The van der Waals surface area contributed by atoms with Crippen LogP contribution in [0.15, 0.2) is 47.6 Å². The van der Waals surface area contributed by atoms with Gasteiger partial charge >= 0.3 is 0 Å². The van der Waals surface area contributed by atoms with Crippen molar-refractivity contribution >= 4 is 11.6 Å². The molecule has 0 radical (unpaired) electrons. The normalized spacial score (nSPS) is 18.9. The molecule has 1 atom stereocenters. The highest BCUT2D eigenvalue weighted by atomic mass is 16.5. The third-order valence-corrected chi connectivity index (χ3v) is 6.19. The van der Waals surface area contributed by atoms with Gasteiger partial charge in [0.15, 0.2) is 0 Å². The maximum atomic E-state index is 13.4. The maximum absolute atomic E-state index is 13.4. The highest BCUT2D eigenvalue weighted by molar-refractivity contribution is 6.05. The summed E-state index contributed by atoms with van der Waals surface area (Å²) in [5.41, 5.74) is 2.65. The third kappa shape index (κ3) is 4.58. The minimum absolute atomic E-state index is 0.000306. The van der Waals surface area contributed by atoms with Crippen molar-refractivity contribution in [2.24, 2.45) is 5.10 Å². The van der Waals surface area contributed by atoms with Crippen LogP contribution in [0.2, 0.25) is 0 Å². The first-order valence-corrected chi connectivity index (χ1v) is 11.1. The monoisotopic (exact) mass is 437 g/mol. The molecule has 7 nitrogen and oxygen atoms in total. The van der Waals surface area contributed by atoms with Gasteiger partial charge in [0.05, 0.1) is 39.6 Å². The number of methoxy groups -OCH3 is 3. The van der Waals surface area contributed by atoms with Crippen LogP contribution < -0.4 is 14.2 Å². The molecule has 2 aliphatic heterocycles. The van der Waals surface area contributed by atoms with Crippen molar-refractivity contribution in [2.75, 3.05) is 41.0 Å². The predicted octanol–water partition coefficient (Wildman–Crippen LogP) is 3.88. The minimum atomic E-state index is -0.256. The minimum Gasteiger partial charge on any atom is -0.497 e. The number of hydrazone groups is 1. The zero-order valence-electron chi connectivity index (χ0n) is 19.0. The standard InChI is InChI=1S/C25H31N3O4/c1-30-18-11-12-20(24(15-18)32-3)22-16-21(19-9-5-6-10-23(19)31-2)26-28(22)25(29)17-27-13-7-4-8-14-27/h5-6,9-12,15,22H,4,7-8,13-14,16-17H2,1-3H3/t22-/m1/s1. The van der Waals surface area contributed by atoms with Crippen molar-refractivity contribution in [3.05, 3.63) is 53.6 Å². The van der Waals surface area contributed by atoms with Gasteiger partial charge in [0, 0.05) is 23.6 Å². The number of piperidine rings is 1. The number of carbonyl (C=O) groups is 1. The van der Waals surface area contributed by atoms with Gasteiger partial charge in [-0.25, -0.2) is 5.01 Å². The molecule has 2 aromatic rings. The van der Waals surface area contributed by atoms with Gasteiger partial charge in [0.2, 0.25) is 0 Å².